The second-order valence-corrected chi connectivity index (χ2v) is 5.39. The van der Waals surface area contributed by atoms with E-state index in [1.54, 1.807) is 23.5 Å². The Morgan fingerprint density at radius 1 is 1.39 bits per heavy atom. The van der Waals surface area contributed by atoms with Crippen LogP contribution in [0.5, 0.6) is 0 Å². The van der Waals surface area contributed by atoms with E-state index >= 15 is 0 Å². The Balaban J connectivity index is 2.54. The molecule has 1 fully saturated rings. The number of aliphatic hydroxyl groups is 1. The minimum absolute atomic E-state index is 0.116. The number of nitrogens with one attached hydrogen (secondary N) is 2. The second-order valence-electron chi connectivity index (χ2n) is 4.98. The summed E-state index contributed by atoms with van der Waals surface area (Å²) in [6.07, 6.45) is -5.14. The highest BCUT2D eigenvalue weighted by Gasteiger charge is 2.66. The third-order valence-corrected chi connectivity index (χ3v) is 3.73. The van der Waals surface area contributed by atoms with Gasteiger partial charge in [0.2, 0.25) is 0 Å². The van der Waals surface area contributed by atoms with Crippen LogP contribution < -0.4 is 10.6 Å². The molecule has 1 saturated heterocycles. The number of ether oxygens (including phenoxy) is 1. The Morgan fingerprint density at radius 3 is 2.52 bits per heavy atom. The Hall–Kier alpha value is -1.87. The van der Waals surface area contributed by atoms with Crippen LogP contribution in [0.15, 0.2) is 30.3 Å². The van der Waals surface area contributed by atoms with E-state index in [1.807, 2.05) is 0 Å². The van der Waals surface area contributed by atoms with E-state index in [9.17, 15) is 23.1 Å². The van der Waals surface area contributed by atoms with Crippen molar-refractivity contribution in [3.05, 3.63) is 35.9 Å². The normalized spacial score (nSPS) is 27.8. The first-order valence-electron chi connectivity index (χ1n) is 6.80. The Bertz CT molecular complexity index is 597. The van der Waals surface area contributed by atoms with Gasteiger partial charge in [-0.3, -0.25) is 4.79 Å². The van der Waals surface area contributed by atoms with Gasteiger partial charge in [-0.15, -0.1) is 0 Å². The summed E-state index contributed by atoms with van der Waals surface area (Å²) in [7, 11) is 0. The van der Waals surface area contributed by atoms with Crippen LogP contribution in [0.2, 0.25) is 0 Å². The fourth-order valence-corrected chi connectivity index (χ4v) is 2.76. The van der Waals surface area contributed by atoms with Gasteiger partial charge in [-0.2, -0.15) is 13.2 Å². The number of rotatable bonds is 3. The third-order valence-electron chi connectivity index (χ3n) is 3.51. The van der Waals surface area contributed by atoms with Crippen molar-refractivity contribution < 1.29 is 27.8 Å². The number of esters is 1. The fraction of sp³-hybridized carbons (Fsp3) is 0.429. The second kappa shape index (κ2) is 6.32. The molecule has 0 radical (unpaired) electrons. The predicted octanol–water partition coefficient (Wildman–Crippen LogP) is 1.64. The molecule has 9 heteroatoms. The van der Waals surface area contributed by atoms with Crippen LogP contribution in [-0.2, 0) is 9.53 Å². The fourth-order valence-electron chi connectivity index (χ4n) is 2.47. The monoisotopic (exact) mass is 348 g/mol. The minimum atomic E-state index is -5.14. The van der Waals surface area contributed by atoms with Crippen LogP contribution in [-0.4, -0.2) is 34.7 Å². The topological polar surface area (TPSA) is 70.6 Å². The number of thiocarbonyl (C=S) groups is 1. The molecule has 0 aliphatic carbocycles. The molecule has 23 heavy (non-hydrogen) atoms. The average molecular weight is 348 g/mol. The first kappa shape index (κ1) is 17.5. The summed E-state index contributed by atoms with van der Waals surface area (Å²) in [5, 5.41) is 14.2. The molecule has 0 saturated carbocycles. The van der Waals surface area contributed by atoms with Crippen LogP contribution in [0.25, 0.3) is 0 Å². The molecule has 0 unspecified atom stereocenters. The third kappa shape index (κ3) is 3.25. The molecule has 0 aromatic heterocycles. The summed E-state index contributed by atoms with van der Waals surface area (Å²) in [6, 6.07) is 6.78. The molecule has 1 aromatic carbocycles. The molecule has 1 aliphatic rings. The molecule has 1 aliphatic heterocycles. The molecule has 5 nitrogen and oxygen atoms in total. The van der Waals surface area contributed by atoms with Gasteiger partial charge in [-0.05, 0) is 24.7 Å². The lowest BCUT2D eigenvalue weighted by Crippen LogP contribution is -2.73. The Kier molecular flexibility index (Phi) is 4.81. The summed E-state index contributed by atoms with van der Waals surface area (Å²) in [5.41, 5.74) is -3.15. The summed E-state index contributed by atoms with van der Waals surface area (Å²) in [5.74, 6) is -3.14. The van der Waals surface area contributed by atoms with Crippen molar-refractivity contribution >= 4 is 23.3 Å². The van der Waals surface area contributed by atoms with Crippen molar-refractivity contribution in [1.82, 2.24) is 10.6 Å². The molecule has 3 N–H and O–H groups in total. The quantitative estimate of drug-likeness (QED) is 0.570. The van der Waals surface area contributed by atoms with Crippen molar-refractivity contribution in [2.75, 3.05) is 6.61 Å². The van der Waals surface area contributed by atoms with Gasteiger partial charge in [0, 0.05) is 0 Å². The summed E-state index contributed by atoms with van der Waals surface area (Å²) in [4.78, 5) is 12.1. The minimum Gasteiger partial charge on any atom is -0.466 e. The van der Waals surface area contributed by atoms with Crippen molar-refractivity contribution in [3.63, 3.8) is 0 Å². The zero-order chi connectivity index (χ0) is 17.3. The van der Waals surface area contributed by atoms with Gasteiger partial charge in [-0.1, -0.05) is 30.3 Å². The maximum Gasteiger partial charge on any atom is 0.437 e. The van der Waals surface area contributed by atoms with E-state index in [4.69, 9.17) is 17.0 Å². The summed E-state index contributed by atoms with van der Waals surface area (Å²) < 4.78 is 45.0. The number of benzene rings is 1. The highest BCUT2D eigenvalue weighted by molar-refractivity contribution is 7.80. The number of carbonyl (C=O) groups is 1. The lowest BCUT2D eigenvalue weighted by Gasteiger charge is -2.45. The zero-order valence-electron chi connectivity index (χ0n) is 12.1. The van der Waals surface area contributed by atoms with Gasteiger partial charge in [0.05, 0.1) is 12.6 Å². The van der Waals surface area contributed by atoms with E-state index in [-0.39, 0.29) is 6.61 Å². The molecular weight excluding hydrogens is 333 g/mol. The van der Waals surface area contributed by atoms with Crippen molar-refractivity contribution in [3.8, 4) is 0 Å². The molecule has 126 valence electrons. The molecule has 0 bridgehead atoms. The molecule has 0 spiro atoms. The van der Waals surface area contributed by atoms with Gasteiger partial charge < -0.3 is 20.5 Å². The maximum absolute atomic E-state index is 13.4. The standard InChI is InChI=1S/C14H15F3N2O3S/c1-2-22-11(20)9-10(8-6-4-3-5-7-8)18-12(23)19-13(9,21)14(15,16)17/h3-7,9-10,21H,2H2,1H3,(H2,18,19,23)/t9-,10+,13+/m0/s1. The number of hydrogen-bond donors (Lipinski definition) is 3. The first-order chi connectivity index (χ1) is 10.7. The summed E-state index contributed by atoms with van der Waals surface area (Å²) in [6.45, 7) is 1.35. The van der Waals surface area contributed by atoms with Crippen LogP contribution >= 0.6 is 12.2 Å². The molecular formula is C14H15F3N2O3S. The number of alkyl halides is 3. The SMILES string of the molecule is CCOC(=O)[C@@H]1[C@@H](c2ccccc2)NC(=S)N[C@]1(O)C(F)(F)F. The van der Waals surface area contributed by atoms with Crippen molar-refractivity contribution in [2.24, 2.45) is 5.92 Å². The van der Waals surface area contributed by atoms with Crippen LogP contribution in [0.1, 0.15) is 18.5 Å². The molecule has 3 atom stereocenters. The smallest absolute Gasteiger partial charge is 0.437 e. The van der Waals surface area contributed by atoms with Gasteiger partial charge in [0.25, 0.3) is 5.72 Å². The lowest BCUT2D eigenvalue weighted by molar-refractivity contribution is -0.292. The van der Waals surface area contributed by atoms with E-state index in [0.717, 1.165) is 0 Å². The largest absolute Gasteiger partial charge is 0.466 e. The predicted molar refractivity (Wildman–Crippen MR) is 79.2 cm³/mol. The number of carbonyl (C=O) groups excluding carboxylic acids is 1. The maximum atomic E-state index is 13.4. The average Bonchev–Trinajstić information content (AvgIpc) is 2.46. The van der Waals surface area contributed by atoms with Gasteiger partial charge in [-0.25, -0.2) is 0 Å². The van der Waals surface area contributed by atoms with Crippen LogP contribution in [0, 0.1) is 5.92 Å². The Labute approximate surface area is 135 Å². The van der Waals surface area contributed by atoms with E-state index in [2.05, 4.69) is 5.32 Å². The molecule has 2 rings (SSSR count). The Morgan fingerprint density at radius 2 is 2.00 bits per heavy atom. The van der Waals surface area contributed by atoms with E-state index < -0.39 is 34.9 Å². The number of halogens is 3. The van der Waals surface area contributed by atoms with Crippen molar-refractivity contribution in [2.45, 2.75) is 24.9 Å². The first-order valence-corrected chi connectivity index (χ1v) is 7.21. The number of hydrogen-bond acceptors (Lipinski definition) is 4. The molecule has 1 heterocycles. The summed E-state index contributed by atoms with van der Waals surface area (Å²) >= 11 is 4.77. The van der Waals surface area contributed by atoms with Crippen LogP contribution in [0.4, 0.5) is 13.2 Å². The lowest BCUT2D eigenvalue weighted by atomic mass is 9.82. The van der Waals surface area contributed by atoms with E-state index in [1.165, 1.54) is 19.1 Å². The van der Waals surface area contributed by atoms with Crippen molar-refractivity contribution in [1.29, 1.82) is 0 Å². The highest BCUT2D eigenvalue weighted by Crippen LogP contribution is 2.42. The molecule has 1 aromatic rings. The van der Waals surface area contributed by atoms with Gasteiger partial charge in [0.1, 0.15) is 5.92 Å². The van der Waals surface area contributed by atoms with E-state index in [0.29, 0.717) is 5.56 Å². The highest BCUT2D eigenvalue weighted by atomic mass is 32.1. The molecule has 0 amide bonds. The van der Waals surface area contributed by atoms with Crippen LogP contribution in [0.3, 0.4) is 0 Å². The zero-order valence-corrected chi connectivity index (χ0v) is 12.9. The van der Waals surface area contributed by atoms with Gasteiger partial charge in [0.15, 0.2) is 5.11 Å². The van der Waals surface area contributed by atoms with Gasteiger partial charge >= 0.3 is 12.1 Å².